The molecule has 0 heterocycles. The number of aliphatic hydroxyl groups is 1. The van der Waals surface area contributed by atoms with E-state index in [-0.39, 0.29) is 26.2 Å². The maximum absolute atomic E-state index is 8.75. The van der Waals surface area contributed by atoms with E-state index in [4.69, 9.17) is 21.7 Å². The monoisotopic (exact) mass is 253 g/mol. The lowest BCUT2D eigenvalue weighted by Crippen LogP contribution is -2.31. The molecule has 98 valence electrons. The molecule has 0 spiro atoms. The summed E-state index contributed by atoms with van der Waals surface area (Å²) in [6.45, 7) is 0.327. The average molecular weight is 253 g/mol. The van der Waals surface area contributed by atoms with E-state index >= 15 is 0 Å². The lowest BCUT2D eigenvalue weighted by molar-refractivity contribution is 0.247. The number of azide groups is 3. The summed E-state index contributed by atoms with van der Waals surface area (Å²) in [5.74, 6) is 0. The molecule has 10 nitrogen and oxygen atoms in total. The summed E-state index contributed by atoms with van der Waals surface area (Å²) in [6.07, 6.45) is 1.80. The average Bonchev–Trinajstić information content (AvgIpc) is 2.40. The number of hydrogen-bond acceptors (Lipinski definition) is 4. The first-order valence-corrected chi connectivity index (χ1v) is 5.38. The lowest BCUT2D eigenvalue weighted by Gasteiger charge is -2.29. The van der Waals surface area contributed by atoms with Gasteiger partial charge in [-0.1, -0.05) is 21.8 Å². The van der Waals surface area contributed by atoms with E-state index in [1.165, 1.54) is 0 Å². The van der Waals surface area contributed by atoms with Crippen LogP contribution in [0.15, 0.2) is 15.3 Å². The molecule has 0 rings (SSSR count). The van der Waals surface area contributed by atoms with Crippen LogP contribution in [0.3, 0.4) is 0 Å². The van der Waals surface area contributed by atoms with Crippen molar-refractivity contribution in [3.63, 3.8) is 0 Å². The van der Waals surface area contributed by atoms with Crippen LogP contribution in [0.5, 0.6) is 0 Å². The predicted octanol–water partition coefficient (Wildman–Crippen LogP) is 3.07. The van der Waals surface area contributed by atoms with Gasteiger partial charge in [0, 0.05) is 41.0 Å². The molecule has 0 aliphatic rings. The smallest absolute Gasteiger partial charge is 0.0431 e. The molecule has 0 saturated carbocycles. The predicted molar refractivity (Wildman–Crippen MR) is 65.4 cm³/mol. The van der Waals surface area contributed by atoms with Crippen molar-refractivity contribution in [2.24, 2.45) is 20.8 Å². The third-order valence-corrected chi connectivity index (χ3v) is 2.52. The number of hydrogen-bond donors (Lipinski definition) is 1. The van der Waals surface area contributed by atoms with E-state index in [9.17, 15) is 0 Å². The highest BCUT2D eigenvalue weighted by Gasteiger charge is 2.27. The third kappa shape index (κ3) is 6.47. The fourth-order valence-electron chi connectivity index (χ4n) is 1.54. The fraction of sp³-hybridized carbons (Fsp3) is 1.00. The van der Waals surface area contributed by atoms with Crippen molar-refractivity contribution in [1.29, 1.82) is 0 Å². The molecule has 0 aliphatic carbocycles. The van der Waals surface area contributed by atoms with Crippen molar-refractivity contribution in [2.75, 3.05) is 26.2 Å². The highest BCUT2D eigenvalue weighted by Crippen LogP contribution is 2.27. The molecule has 0 aromatic rings. The molecule has 0 aliphatic heterocycles. The van der Waals surface area contributed by atoms with Gasteiger partial charge in [-0.25, -0.2) is 0 Å². The first-order valence-electron chi connectivity index (χ1n) is 5.38. The highest BCUT2D eigenvalue weighted by molar-refractivity contribution is 4.87. The van der Waals surface area contributed by atoms with Gasteiger partial charge in [-0.05, 0) is 34.9 Å². The molecule has 0 aromatic carbocycles. The summed E-state index contributed by atoms with van der Waals surface area (Å²) in [6, 6.07) is 0. The summed E-state index contributed by atoms with van der Waals surface area (Å²) in [7, 11) is 0. The van der Waals surface area contributed by atoms with E-state index < -0.39 is 5.41 Å². The van der Waals surface area contributed by atoms with Crippen LogP contribution in [0.1, 0.15) is 19.3 Å². The zero-order valence-electron chi connectivity index (χ0n) is 9.92. The molecule has 0 unspecified atom stereocenters. The van der Waals surface area contributed by atoms with Gasteiger partial charge in [0.05, 0.1) is 0 Å². The van der Waals surface area contributed by atoms with Crippen molar-refractivity contribution >= 4 is 0 Å². The van der Waals surface area contributed by atoms with Gasteiger partial charge in [0.1, 0.15) is 0 Å². The molecule has 1 N–H and O–H groups in total. The Bertz CT molecular complexity index is 326. The Balaban J connectivity index is 4.88. The van der Waals surface area contributed by atoms with Gasteiger partial charge >= 0.3 is 0 Å². The summed E-state index contributed by atoms with van der Waals surface area (Å²) in [4.78, 5) is 8.01. The normalized spacial score (nSPS) is 12.5. The Morgan fingerprint density at radius 3 is 1.61 bits per heavy atom. The van der Waals surface area contributed by atoms with E-state index in [1.54, 1.807) is 0 Å². The van der Waals surface area contributed by atoms with Gasteiger partial charge in [-0.2, -0.15) is 0 Å². The summed E-state index contributed by atoms with van der Waals surface area (Å²) < 4.78 is 0. The number of unbranched alkanes of at least 4 members (excludes halogenated alkanes) is 1. The Kier molecular flexibility index (Phi) is 8.89. The van der Waals surface area contributed by atoms with E-state index in [0.29, 0.717) is 19.3 Å². The zero-order valence-corrected chi connectivity index (χ0v) is 9.92. The number of rotatable bonds is 10. The highest BCUT2D eigenvalue weighted by atomic mass is 16.2. The van der Waals surface area contributed by atoms with Crippen LogP contribution in [0.25, 0.3) is 31.3 Å². The Hall–Kier alpha value is -2.11. The van der Waals surface area contributed by atoms with Crippen molar-refractivity contribution in [3.8, 4) is 0 Å². The number of aliphatic hydroxyl groups excluding tert-OH is 1. The van der Waals surface area contributed by atoms with Gasteiger partial charge in [0.25, 0.3) is 0 Å². The van der Waals surface area contributed by atoms with E-state index in [2.05, 4.69) is 30.1 Å². The standard InChI is InChI=1S/C8H15N9O/c9-15-12-5-8(6-13-16-10,7-14-17-11)3-1-2-4-18/h18H,1-7H2. The van der Waals surface area contributed by atoms with Crippen LogP contribution in [-0.4, -0.2) is 31.3 Å². The first-order chi connectivity index (χ1) is 8.74. The maximum Gasteiger partial charge on any atom is 0.0431 e. The molecule has 0 saturated heterocycles. The Morgan fingerprint density at radius 2 is 1.28 bits per heavy atom. The first kappa shape index (κ1) is 15.9. The topological polar surface area (TPSA) is 167 Å². The van der Waals surface area contributed by atoms with E-state index in [1.807, 2.05) is 0 Å². The second-order valence-electron chi connectivity index (χ2n) is 3.85. The molecule has 0 amide bonds. The van der Waals surface area contributed by atoms with Gasteiger partial charge in [-0.15, -0.1) is 0 Å². The lowest BCUT2D eigenvalue weighted by atomic mass is 9.83. The SMILES string of the molecule is [N-]=[N+]=NCC(CCCCO)(CN=[N+]=[N-])CN=[N+]=[N-]. The molecule has 0 fully saturated rings. The number of nitrogens with zero attached hydrogens (tertiary/aromatic N) is 9. The minimum absolute atomic E-state index is 0.0562. The summed E-state index contributed by atoms with van der Waals surface area (Å²) in [5.41, 5.74) is 24.4. The second-order valence-corrected chi connectivity index (χ2v) is 3.85. The molecule has 0 atom stereocenters. The minimum Gasteiger partial charge on any atom is -0.396 e. The van der Waals surface area contributed by atoms with Crippen molar-refractivity contribution in [2.45, 2.75) is 19.3 Å². The van der Waals surface area contributed by atoms with Gasteiger partial charge in [-0.3, -0.25) is 0 Å². The molecule has 0 bridgehead atoms. The van der Waals surface area contributed by atoms with Crippen LogP contribution in [0.4, 0.5) is 0 Å². The maximum atomic E-state index is 8.75. The zero-order chi connectivity index (χ0) is 13.7. The van der Waals surface area contributed by atoms with Gasteiger partial charge in [0.15, 0.2) is 0 Å². The van der Waals surface area contributed by atoms with Crippen LogP contribution in [0, 0.1) is 5.41 Å². The largest absolute Gasteiger partial charge is 0.396 e. The van der Waals surface area contributed by atoms with Gasteiger partial charge in [0.2, 0.25) is 0 Å². The third-order valence-electron chi connectivity index (χ3n) is 2.52. The van der Waals surface area contributed by atoms with Crippen LogP contribution in [-0.2, 0) is 0 Å². The Labute approximate surface area is 103 Å². The Morgan fingerprint density at radius 1 is 0.833 bits per heavy atom. The van der Waals surface area contributed by atoms with Crippen molar-refractivity contribution in [1.82, 2.24) is 0 Å². The molecule has 0 aromatic heterocycles. The summed E-state index contributed by atoms with van der Waals surface area (Å²) in [5, 5.41) is 19.2. The molecule has 0 radical (unpaired) electrons. The van der Waals surface area contributed by atoms with Crippen molar-refractivity contribution in [3.05, 3.63) is 31.3 Å². The van der Waals surface area contributed by atoms with Crippen LogP contribution in [0.2, 0.25) is 0 Å². The molecule has 10 heteroatoms. The molecular weight excluding hydrogens is 238 g/mol. The van der Waals surface area contributed by atoms with Crippen molar-refractivity contribution < 1.29 is 5.11 Å². The minimum atomic E-state index is -0.667. The van der Waals surface area contributed by atoms with Gasteiger partial charge < -0.3 is 5.11 Å². The van der Waals surface area contributed by atoms with Crippen LogP contribution >= 0.6 is 0 Å². The second kappa shape index (κ2) is 10.1. The van der Waals surface area contributed by atoms with E-state index in [0.717, 1.165) is 0 Å². The fourth-order valence-corrected chi connectivity index (χ4v) is 1.54. The molecular formula is C8H15N9O. The molecule has 18 heavy (non-hydrogen) atoms. The quantitative estimate of drug-likeness (QED) is 0.269. The van der Waals surface area contributed by atoms with Crippen LogP contribution < -0.4 is 0 Å². The summed E-state index contributed by atoms with van der Waals surface area (Å²) >= 11 is 0.